The Labute approximate surface area is 109 Å². The van der Waals surface area contributed by atoms with Gasteiger partial charge in [0.1, 0.15) is 5.75 Å². The molecule has 2 aliphatic rings. The Kier molecular flexibility index (Phi) is 3.81. The number of benzene rings is 1. The lowest BCUT2D eigenvalue weighted by Gasteiger charge is -2.27. The van der Waals surface area contributed by atoms with Crippen LogP contribution in [0.4, 0.5) is 0 Å². The summed E-state index contributed by atoms with van der Waals surface area (Å²) in [5.74, 6) is 1.10. The zero-order valence-corrected chi connectivity index (χ0v) is 11.0. The average molecular weight is 246 g/mol. The van der Waals surface area contributed by atoms with Crippen molar-refractivity contribution in [2.45, 2.75) is 19.3 Å². The van der Waals surface area contributed by atoms with E-state index in [9.17, 15) is 0 Å². The SMILES string of the molecule is c1cc2c(cc1CCN1CCNCC1)CCCO2. The average Bonchev–Trinajstić information content (AvgIpc) is 2.46. The first kappa shape index (κ1) is 12.0. The van der Waals surface area contributed by atoms with Gasteiger partial charge in [0.15, 0.2) is 0 Å². The molecule has 0 spiro atoms. The highest BCUT2D eigenvalue weighted by Gasteiger charge is 2.12. The van der Waals surface area contributed by atoms with Crippen LogP contribution in [0.3, 0.4) is 0 Å². The molecule has 3 nitrogen and oxygen atoms in total. The van der Waals surface area contributed by atoms with Gasteiger partial charge in [-0.3, -0.25) is 0 Å². The van der Waals surface area contributed by atoms with Crippen molar-refractivity contribution in [1.82, 2.24) is 10.2 Å². The fraction of sp³-hybridized carbons (Fsp3) is 0.600. The van der Waals surface area contributed by atoms with Gasteiger partial charge in [0, 0.05) is 32.7 Å². The van der Waals surface area contributed by atoms with Gasteiger partial charge in [-0.05, 0) is 36.5 Å². The summed E-state index contributed by atoms with van der Waals surface area (Å²) in [5, 5.41) is 3.40. The second-order valence-corrected chi connectivity index (χ2v) is 5.24. The van der Waals surface area contributed by atoms with Crippen molar-refractivity contribution in [2.24, 2.45) is 0 Å². The molecule has 0 unspecified atom stereocenters. The van der Waals surface area contributed by atoms with Crippen LogP contribution in [0.15, 0.2) is 18.2 Å². The van der Waals surface area contributed by atoms with E-state index in [1.54, 1.807) is 0 Å². The summed E-state index contributed by atoms with van der Waals surface area (Å²) in [4.78, 5) is 2.55. The second-order valence-electron chi connectivity index (χ2n) is 5.24. The van der Waals surface area contributed by atoms with Crippen molar-refractivity contribution < 1.29 is 4.74 Å². The van der Waals surface area contributed by atoms with E-state index >= 15 is 0 Å². The fourth-order valence-corrected chi connectivity index (χ4v) is 2.79. The van der Waals surface area contributed by atoms with Crippen molar-refractivity contribution in [3.63, 3.8) is 0 Å². The number of nitrogens with zero attached hydrogens (tertiary/aromatic N) is 1. The smallest absolute Gasteiger partial charge is 0.122 e. The highest BCUT2D eigenvalue weighted by Crippen LogP contribution is 2.25. The number of hydrogen-bond donors (Lipinski definition) is 1. The topological polar surface area (TPSA) is 24.5 Å². The van der Waals surface area contributed by atoms with Gasteiger partial charge in [-0.25, -0.2) is 0 Å². The van der Waals surface area contributed by atoms with Gasteiger partial charge < -0.3 is 15.0 Å². The molecule has 0 radical (unpaired) electrons. The van der Waals surface area contributed by atoms with Crippen LogP contribution in [0, 0.1) is 0 Å². The van der Waals surface area contributed by atoms with Gasteiger partial charge in [0.05, 0.1) is 6.61 Å². The lowest BCUT2D eigenvalue weighted by molar-refractivity contribution is 0.243. The molecule has 3 rings (SSSR count). The minimum atomic E-state index is 0.882. The third-order valence-corrected chi connectivity index (χ3v) is 3.90. The van der Waals surface area contributed by atoms with Crippen LogP contribution in [0.25, 0.3) is 0 Å². The van der Waals surface area contributed by atoms with Gasteiger partial charge in [0.25, 0.3) is 0 Å². The molecule has 0 amide bonds. The zero-order valence-electron chi connectivity index (χ0n) is 11.0. The number of rotatable bonds is 3. The highest BCUT2D eigenvalue weighted by atomic mass is 16.5. The summed E-state index contributed by atoms with van der Waals surface area (Å²) in [5.41, 5.74) is 2.86. The number of aryl methyl sites for hydroxylation is 1. The molecule has 98 valence electrons. The van der Waals surface area contributed by atoms with Crippen LogP contribution >= 0.6 is 0 Å². The summed E-state index contributed by atoms with van der Waals surface area (Å²) in [6, 6.07) is 6.73. The maximum absolute atomic E-state index is 5.65. The molecule has 1 fully saturated rings. The van der Waals surface area contributed by atoms with Gasteiger partial charge >= 0.3 is 0 Å². The number of nitrogens with one attached hydrogen (secondary N) is 1. The van der Waals surface area contributed by atoms with Crippen LogP contribution in [0.5, 0.6) is 5.75 Å². The largest absolute Gasteiger partial charge is 0.493 e. The highest BCUT2D eigenvalue weighted by molar-refractivity contribution is 5.38. The molecule has 2 aliphatic heterocycles. The van der Waals surface area contributed by atoms with E-state index in [2.05, 4.69) is 28.4 Å². The molecule has 3 heteroatoms. The first-order valence-corrected chi connectivity index (χ1v) is 7.09. The Balaban J connectivity index is 1.58. The lowest BCUT2D eigenvalue weighted by Crippen LogP contribution is -2.44. The van der Waals surface area contributed by atoms with Crippen LogP contribution in [-0.4, -0.2) is 44.2 Å². The Bertz CT molecular complexity index is 399. The van der Waals surface area contributed by atoms with Crippen molar-refractivity contribution >= 4 is 0 Å². The van der Waals surface area contributed by atoms with E-state index in [1.165, 1.54) is 37.2 Å². The molecular weight excluding hydrogens is 224 g/mol. The van der Waals surface area contributed by atoms with E-state index in [1.807, 2.05) is 0 Å². The minimum Gasteiger partial charge on any atom is -0.493 e. The van der Waals surface area contributed by atoms with E-state index in [-0.39, 0.29) is 0 Å². The summed E-state index contributed by atoms with van der Waals surface area (Å²) in [7, 11) is 0. The lowest BCUT2D eigenvalue weighted by atomic mass is 10.0. The summed E-state index contributed by atoms with van der Waals surface area (Å²) in [6.45, 7) is 6.71. The molecule has 1 saturated heterocycles. The molecule has 1 N–H and O–H groups in total. The van der Waals surface area contributed by atoms with Crippen molar-refractivity contribution in [2.75, 3.05) is 39.3 Å². The normalized spacial score (nSPS) is 20.2. The number of piperazine rings is 1. The summed E-state index contributed by atoms with van der Waals surface area (Å²) in [6.07, 6.45) is 3.50. The fourth-order valence-electron chi connectivity index (χ4n) is 2.79. The standard InChI is InChI=1S/C15H22N2O/c1-2-14-12-13(3-4-15(14)18-11-1)5-8-17-9-6-16-7-10-17/h3-4,12,16H,1-2,5-11H2. The molecule has 0 bridgehead atoms. The molecule has 1 aromatic carbocycles. The van der Waals surface area contributed by atoms with Gasteiger partial charge in [-0.1, -0.05) is 12.1 Å². The summed E-state index contributed by atoms with van der Waals surface area (Å²) < 4.78 is 5.65. The van der Waals surface area contributed by atoms with Crippen LogP contribution < -0.4 is 10.1 Å². The zero-order chi connectivity index (χ0) is 12.2. The maximum Gasteiger partial charge on any atom is 0.122 e. The molecular formula is C15H22N2O. The Morgan fingerprint density at radius 1 is 1.22 bits per heavy atom. The van der Waals surface area contributed by atoms with E-state index in [0.29, 0.717) is 0 Å². The van der Waals surface area contributed by atoms with Crippen molar-refractivity contribution in [3.8, 4) is 5.75 Å². The van der Waals surface area contributed by atoms with E-state index < -0.39 is 0 Å². The Morgan fingerprint density at radius 2 is 2.11 bits per heavy atom. The van der Waals surface area contributed by atoms with Gasteiger partial charge in [-0.15, -0.1) is 0 Å². The molecule has 0 saturated carbocycles. The van der Waals surface area contributed by atoms with Crippen molar-refractivity contribution in [1.29, 1.82) is 0 Å². The quantitative estimate of drug-likeness (QED) is 0.874. The van der Waals surface area contributed by atoms with Crippen LogP contribution in [0.1, 0.15) is 17.5 Å². The molecule has 0 atom stereocenters. The molecule has 2 heterocycles. The predicted molar refractivity (Wildman–Crippen MR) is 73.3 cm³/mol. The number of fused-ring (bicyclic) bond motifs is 1. The first-order chi connectivity index (χ1) is 8.92. The van der Waals surface area contributed by atoms with E-state index in [0.717, 1.165) is 38.3 Å². The Hall–Kier alpha value is -1.06. The van der Waals surface area contributed by atoms with Crippen molar-refractivity contribution in [3.05, 3.63) is 29.3 Å². The minimum absolute atomic E-state index is 0.882. The third-order valence-electron chi connectivity index (χ3n) is 3.90. The van der Waals surface area contributed by atoms with Gasteiger partial charge in [0.2, 0.25) is 0 Å². The third kappa shape index (κ3) is 2.85. The maximum atomic E-state index is 5.65. The van der Waals surface area contributed by atoms with E-state index in [4.69, 9.17) is 4.74 Å². The molecule has 18 heavy (non-hydrogen) atoms. The Morgan fingerprint density at radius 3 is 3.00 bits per heavy atom. The summed E-state index contributed by atoms with van der Waals surface area (Å²) >= 11 is 0. The van der Waals surface area contributed by atoms with Crippen LogP contribution in [0.2, 0.25) is 0 Å². The predicted octanol–water partition coefficient (Wildman–Crippen LogP) is 1.46. The monoisotopic (exact) mass is 246 g/mol. The molecule has 0 aliphatic carbocycles. The second kappa shape index (κ2) is 5.72. The molecule has 0 aromatic heterocycles. The number of ether oxygens (including phenoxy) is 1. The molecule has 1 aromatic rings. The van der Waals surface area contributed by atoms with Gasteiger partial charge in [-0.2, -0.15) is 0 Å². The number of hydrogen-bond acceptors (Lipinski definition) is 3. The van der Waals surface area contributed by atoms with Crippen LogP contribution in [-0.2, 0) is 12.8 Å². The first-order valence-electron chi connectivity index (χ1n) is 7.09.